The first kappa shape index (κ1) is 15.1. The molecule has 1 saturated heterocycles. The van der Waals surface area contributed by atoms with Crippen LogP contribution in [0, 0.1) is 17.3 Å². The second-order valence-corrected chi connectivity index (χ2v) is 9.13. The van der Waals surface area contributed by atoms with Crippen molar-refractivity contribution in [1.29, 1.82) is 0 Å². The van der Waals surface area contributed by atoms with Crippen LogP contribution in [0.25, 0.3) is 0 Å². The number of cyclic esters (lactones) is 1. The van der Waals surface area contributed by atoms with Crippen LogP contribution in [-0.2, 0) is 18.6 Å². The van der Waals surface area contributed by atoms with E-state index in [0.29, 0.717) is 18.3 Å². The molecule has 2 rings (SSSR count). The molecular formula is C13H21ClO4S. The van der Waals surface area contributed by atoms with Crippen molar-refractivity contribution in [3.63, 3.8) is 0 Å². The van der Waals surface area contributed by atoms with Gasteiger partial charge in [0.15, 0.2) is 0 Å². The van der Waals surface area contributed by atoms with E-state index in [2.05, 4.69) is 13.8 Å². The van der Waals surface area contributed by atoms with Gasteiger partial charge in [-0.05, 0) is 37.5 Å². The summed E-state index contributed by atoms with van der Waals surface area (Å²) in [5.41, 5.74) is -0.301. The van der Waals surface area contributed by atoms with E-state index in [1.807, 2.05) is 0 Å². The molecule has 2 aliphatic rings. The first-order chi connectivity index (χ1) is 8.72. The minimum atomic E-state index is -3.64. The average molecular weight is 309 g/mol. The van der Waals surface area contributed by atoms with E-state index in [9.17, 15) is 13.2 Å². The van der Waals surface area contributed by atoms with Gasteiger partial charge in [0.1, 0.15) is 11.9 Å². The van der Waals surface area contributed by atoms with Crippen molar-refractivity contribution in [2.75, 3.05) is 5.75 Å². The lowest BCUT2D eigenvalue weighted by atomic mass is 9.65. The predicted octanol–water partition coefficient (Wildman–Crippen LogP) is 2.70. The van der Waals surface area contributed by atoms with Gasteiger partial charge >= 0.3 is 5.97 Å². The maximum absolute atomic E-state index is 11.6. The summed E-state index contributed by atoms with van der Waals surface area (Å²) in [5.74, 6) is 0.751. The standard InChI is InChI=1S/C13H21ClO4S/c1-9(2)10-3-5-13(6-4-10)7-12(15)18-11(13)8-19(14,16)17/h9-11H,3-8H2,1-2H3. The van der Waals surface area contributed by atoms with Gasteiger partial charge in [0, 0.05) is 16.1 Å². The van der Waals surface area contributed by atoms with Crippen LogP contribution < -0.4 is 0 Å². The molecule has 0 amide bonds. The molecule has 0 bridgehead atoms. The number of rotatable bonds is 3. The summed E-state index contributed by atoms with van der Waals surface area (Å²) >= 11 is 0. The number of carbonyl (C=O) groups excluding carboxylic acids is 1. The number of halogens is 1. The zero-order valence-electron chi connectivity index (χ0n) is 11.4. The maximum Gasteiger partial charge on any atom is 0.306 e. The SMILES string of the molecule is CC(C)C1CCC2(CC1)CC(=O)OC2CS(=O)(=O)Cl. The lowest BCUT2D eigenvalue weighted by Crippen LogP contribution is -2.39. The summed E-state index contributed by atoms with van der Waals surface area (Å²) in [4.78, 5) is 11.6. The molecule has 2 fully saturated rings. The van der Waals surface area contributed by atoms with E-state index in [1.165, 1.54) is 0 Å². The summed E-state index contributed by atoms with van der Waals surface area (Å²) in [6.45, 7) is 4.42. The van der Waals surface area contributed by atoms with E-state index in [4.69, 9.17) is 15.4 Å². The van der Waals surface area contributed by atoms with Crippen molar-refractivity contribution in [3.05, 3.63) is 0 Å². The molecule has 1 unspecified atom stereocenters. The Labute approximate surface area is 119 Å². The topological polar surface area (TPSA) is 60.4 Å². The largest absolute Gasteiger partial charge is 0.461 e. The summed E-state index contributed by atoms with van der Waals surface area (Å²) in [6, 6.07) is 0. The van der Waals surface area contributed by atoms with E-state index in [0.717, 1.165) is 25.7 Å². The predicted molar refractivity (Wildman–Crippen MR) is 73.4 cm³/mol. The first-order valence-electron chi connectivity index (χ1n) is 6.84. The zero-order chi connectivity index (χ0) is 14.3. The Kier molecular flexibility index (Phi) is 4.17. The molecule has 0 N–H and O–H groups in total. The molecule has 0 radical (unpaired) electrons. The highest BCUT2D eigenvalue weighted by Crippen LogP contribution is 2.50. The second kappa shape index (κ2) is 5.24. The quantitative estimate of drug-likeness (QED) is 0.594. The summed E-state index contributed by atoms with van der Waals surface area (Å²) in [7, 11) is 1.68. The van der Waals surface area contributed by atoms with Crippen LogP contribution in [0.15, 0.2) is 0 Å². The normalized spacial score (nSPS) is 35.9. The molecule has 1 atom stereocenters. The van der Waals surface area contributed by atoms with E-state index >= 15 is 0 Å². The minimum absolute atomic E-state index is 0.257. The van der Waals surface area contributed by atoms with Crippen molar-refractivity contribution < 1.29 is 17.9 Å². The Morgan fingerprint density at radius 2 is 1.95 bits per heavy atom. The molecule has 1 aliphatic carbocycles. The molecule has 1 heterocycles. The highest BCUT2D eigenvalue weighted by atomic mass is 35.7. The van der Waals surface area contributed by atoms with Gasteiger partial charge in [0.2, 0.25) is 9.05 Å². The zero-order valence-corrected chi connectivity index (χ0v) is 13.0. The number of ether oxygens (including phenoxy) is 1. The molecule has 110 valence electrons. The lowest BCUT2D eigenvalue weighted by Gasteiger charge is -2.40. The van der Waals surface area contributed by atoms with Gasteiger partial charge in [-0.3, -0.25) is 4.79 Å². The Hall–Kier alpha value is -0.290. The van der Waals surface area contributed by atoms with Gasteiger partial charge in [-0.25, -0.2) is 8.42 Å². The van der Waals surface area contributed by atoms with Crippen molar-refractivity contribution in [3.8, 4) is 0 Å². The van der Waals surface area contributed by atoms with Crippen molar-refractivity contribution in [1.82, 2.24) is 0 Å². The first-order valence-corrected chi connectivity index (χ1v) is 9.31. The summed E-state index contributed by atoms with van der Waals surface area (Å²) in [5, 5.41) is 0. The third-order valence-electron chi connectivity index (χ3n) is 4.77. The van der Waals surface area contributed by atoms with Crippen molar-refractivity contribution >= 4 is 25.7 Å². The average Bonchev–Trinajstić information content (AvgIpc) is 2.53. The molecule has 0 aromatic carbocycles. The van der Waals surface area contributed by atoms with Crippen LogP contribution >= 0.6 is 10.7 Å². The monoisotopic (exact) mass is 308 g/mol. The number of hydrogen-bond donors (Lipinski definition) is 0. The Morgan fingerprint density at radius 1 is 1.37 bits per heavy atom. The third-order valence-corrected chi connectivity index (χ3v) is 5.85. The van der Waals surface area contributed by atoms with Gasteiger partial charge in [-0.2, -0.15) is 0 Å². The highest BCUT2D eigenvalue weighted by Gasteiger charge is 2.51. The fraction of sp³-hybridized carbons (Fsp3) is 0.923. The minimum Gasteiger partial charge on any atom is -0.461 e. The third kappa shape index (κ3) is 3.43. The van der Waals surface area contributed by atoms with Crippen molar-refractivity contribution in [2.24, 2.45) is 17.3 Å². The smallest absolute Gasteiger partial charge is 0.306 e. The van der Waals surface area contributed by atoms with Gasteiger partial charge < -0.3 is 4.74 Å². The van der Waals surface area contributed by atoms with E-state index in [-0.39, 0.29) is 17.1 Å². The molecule has 6 heteroatoms. The van der Waals surface area contributed by atoms with E-state index < -0.39 is 15.2 Å². The molecule has 4 nitrogen and oxygen atoms in total. The Morgan fingerprint density at radius 3 is 2.42 bits per heavy atom. The number of esters is 1. The Bertz CT molecular complexity index is 449. The molecule has 1 saturated carbocycles. The molecule has 0 aromatic rings. The Balaban J connectivity index is 2.11. The summed E-state index contributed by atoms with van der Waals surface area (Å²) < 4.78 is 27.8. The molecule has 1 spiro atoms. The molecule has 1 aliphatic heterocycles. The molecule has 19 heavy (non-hydrogen) atoms. The maximum atomic E-state index is 11.6. The number of carbonyl (C=O) groups is 1. The highest BCUT2D eigenvalue weighted by molar-refractivity contribution is 8.13. The summed E-state index contributed by atoms with van der Waals surface area (Å²) in [6.07, 6.45) is 3.57. The van der Waals surface area contributed by atoms with Crippen LogP contribution in [-0.4, -0.2) is 26.2 Å². The van der Waals surface area contributed by atoms with Gasteiger partial charge in [-0.15, -0.1) is 0 Å². The second-order valence-electron chi connectivity index (χ2n) is 6.30. The van der Waals surface area contributed by atoms with Crippen LogP contribution in [0.3, 0.4) is 0 Å². The fourth-order valence-corrected chi connectivity index (χ4v) is 4.63. The van der Waals surface area contributed by atoms with E-state index in [1.54, 1.807) is 0 Å². The molecular weight excluding hydrogens is 288 g/mol. The fourth-order valence-electron chi connectivity index (χ4n) is 3.50. The lowest BCUT2D eigenvalue weighted by molar-refractivity contribution is -0.141. The van der Waals surface area contributed by atoms with Crippen LogP contribution in [0.1, 0.15) is 46.0 Å². The van der Waals surface area contributed by atoms with Crippen LogP contribution in [0.4, 0.5) is 0 Å². The van der Waals surface area contributed by atoms with Crippen molar-refractivity contribution in [2.45, 2.75) is 52.1 Å². The van der Waals surface area contributed by atoms with Crippen LogP contribution in [0.2, 0.25) is 0 Å². The number of hydrogen-bond acceptors (Lipinski definition) is 4. The molecule has 0 aromatic heterocycles. The van der Waals surface area contributed by atoms with Crippen LogP contribution in [0.5, 0.6) is 0 Å². The van der Waals surface area contributed by atoms with Gasteiger partial charge in [-0.1, -0.05) is 13.8 Å². The van der Waals surface area contributed by atoms with Gasteiger partial charge in [0.25, 0.3) is 0 Å². The van der Waals surface area contributed by atoms with Gasteiger partial charge in [0.05, 0.1) is 6.42 Å².